The van der Waals surface area contributed by atoms with Gasteiger partial charge in [0.15, 0.2) is 0 Å². The van der Waals surface area contributed by atoms with Crippen LogP contribution in [0.5, 0.6) is 0 Å². The van der Waals surface area contributed by atoms with Crippen LogP contribution in [0.2, 0.25) is 0 Å². The zero-order valence-corrected chi connectivity index (χ0v) is 28.4. The molecule has 2 rings (SSSR count). The van der Waals surface area contributed by atoms with E-state index < -0.39 is 47.2 Å². The lowest BCUT2D eigenvalue weighted by Crippen LogP contribution is -2.61. The highest BCUT2D eigenvalue weighted by Crippen LogP contribution is 2.33. The number of nitrogens with one attached hydrogen (secondary N) is 4. The van der Waals surface area contributed by atoms with E-state index in [-0.39, 0.29) is 42.7 Å². The number of nitrogens with zero attached hydrogens (tertiary/aromatic N) is 2. The molecular formula is C32H52N6O5S. The van der Waals surface area contributed by atoms with Crippen molar-refractivity contribution in [3.8, 4) is 0 Å². The van der Waals surface area contributed by atoms with Crippen LogP contribution in [-0.2, 0) is 25.6 Å². The van der Waals surface area contributed by atoms with E-state index in [1.165, 1.54) is 22.3 Å². The van der Waals surface area contributed by atoms with Crippen LogP contribution < -0.4 is 21.3 Å². The Morgan fingerprint density at radius 2 is 1.80 bits per heavy atom. The second-order valence-corrected chi connectivity index (χ2v) is 14.3. The van der Waals surface area contributed by atoms with Crippen molar-refractivity contribution in [3.05, 3.63) is 29.2 Å². The fourth-order valence-corrected chi connectivity index (χ4v) is 6.15. The molecule has 1 aliphatic rings. The SMILES string of the molecule is C=CCNC(=O)C(=O)C(CCC)NC(=O)[C@@H]1[C@@H](C(C)C)CCN1C(=O)[C@@H](NC(=O)N[C@H](Cc1nccs1)C(C)C)C(C)(C)C. The highest BCUT2D eigenvalue weighted by Gasteiger charge is 2.47. The summed E-state index contributed by atoms with van der Waals surface area (Å²) in [5.74, 6) is -2.32. The predicted molar refractivity (Wildman–Crippen MR) is 173 cm³/mol. The average molecular weight is 633 g/mol. The number of thiazole rings is 1. The predicted octanol–water partition coefficient (Wildman–Crippen LogP) is 3.45. The van der Waals surface area contributed by atoms with Crippen molar-refractivity contribution >= 4 is 40.9 Å². The van der Waals surface area contributed by atoms with E-state index in [0.717, 1.165) is 5.01 Å². The van der Waals surface area contributed by atoms with E-state index >= 15 is 0 Å². The molecule has 0 radical (unpaired) electrons. The second kappa shape index (κ2) is 16.7. The summed E-state index contributed by atoms with van der Waals surface area (Å²) in [7, 11) is 0. The number of carbonyl (C=O) groups excluding carboxylic acids is 5. The number of hydrogen-bond acceptors (Lipinski definition) is 7. The molecule has 1 fully saturated rings. The Balaban J connectivity index is 2.29. The van der Waals surface area contributed by atoms with Crippen LogP contribution in [0.1, 0.15) is 79.7 Å². The van der Waals surface area contributed by atoms with Gasteiger partial charge in [-0.3, -0.25) is 19.2 Å². The molecule has 11 nitrogen and oxygen atoms in total. The number of aromatic nitrogens is 1. The number of likely N-dealkylation sites (tertiary alicyclic amines) is 1. The second-order valence-electron chi connectivity index (χ2n) is 13.3. The van der Waals surface area contributed by atoms with Gasteiger partial charge in [-0.05, 0) is 36.0 Å². The summed E-state index contributed by atoms with van der Waals surface area (Å²) in [6.07, 6.45) is 5.22. The highest BCUT2D eigenvalue weighted by atomic mass is 32.1. The molecule has 0 saturated carbocycles. The van der Waals surface area contributed by atoms with Gasteiger partial charge in [0.1, 0.15) is 12.1 Å². The molecule has 1 unspecified atom stereocenters. The van der Waals surface area contributed by atoms with Gasteiger partial charge in [0.25, 0.3) is 5.91 Å². The molecule has 12 heteroatoms. The summed E-state index contributed by atoms with van der Waals surface area (Å²) in [6, 6.07) is -3.45. The van der Waals surface area contributed by atoms with Crippen molar-refractivity contribution in [3.63, 3.8) is 0 Å². The van der Waals surface area contributed by atoms with Gasteiger partial charge in [-0.25, -0.2) is 9.78 Å². The van der Waals surface area contributed by atoms with Gasteiger partial charge < -0.3 is 26.2 Å². The van der Waals surface area contributed by atoms with Crippen LogP contribution in [0.15, 0.2) is 24.2 Å². The molecule has 246 valence electrons. The molecule has 1 aliphatic heterocycles. The molecule has 1 aromatic heterocycles. The van der Waals surface area contributed by atoms with Crippen molar-refractivity contribution in [1.29, 1.82) is 0 Å². The number of amides is 5. The Kier molecular flexibility index (Phi) is 14.0. The third-order valence-electron chi connectivity index (χ3n) is 8.08. The summed E-state index contributed by atoms with van der Waals surface area (Å²) in [6.45, 7) is 19.5. The van der Waals surface area contributed by atoms with Crippen molar-refractivity contribution in [2.45, 2.75) is 105 Å². The Bertz CT molecular complexity index is 1150. The number of carbonyl (C=O) groups is 5. The molecule has 5 amide bonds. The smallest absolute Gasteiger partial charge is 0.315 e. The number of hydrogen-bond donors (Lipinski definition) is 4. The van der Waals surface area contributed by atoms with Gasteiger partial charge >= 0.3 is 6.03 Å². The van der Waals surface area contributed by atoms with E-state index in [1.54, 1.807) is 6.20 Å². The van der Waals surface area contributed by atoms with Gasteiger partial charge in [-0.15, -0.1) is 17.9 Å². The van der Waals surface area contributed by atoms with Crippen LogP contribution in [0.4, 0.5) is 4.79 Å². The lowest BCUT2D eigenvalue weighted by molar-refractivity contribution is -0.144. The Hall–Kier alpha value is -3.28. The minimum absolute atomic E-state index is 0.0711. The summed E-state index contributed by atoms with van der Waals surface area (Å²) in [4.78, 5) is 72.6. The van der Waals surface area contributed by atoms with E-state index in [0.29, 0.717) is 25.8 Å². The number of Topliss-reactive ketones (excluding diaryl/α,β-unsaturated/α-hetero) is 1. The van der Waals surface area contributed by atoms with E-state index in [2.05, 4.69) is 32.8 Å². The minimum Gasteiger partial charge on any atom is -0.346 e. The van der Waals surface area contributed by atoms with Crippen molar-refractivity contribution < 1.29 is 24.0 Å². The fourth-order valence-electron chi connectivity index (χ4n) is 5.47. The number of ketones is 1. The average Bonchev–Trinajstić information content (AvgIpc) is 3.63. The van der Waals surface area contributed by atoms with E-state index in [9.17, 15) is 24.0 Å². The first kappa shape index (κ1) is 36.9. The maximum absolute atomic E-state index is 14.2. The third kappa shape index (κ3) is 10.1. The van der Waals surface area contributed by atoms with E-state index in [4.69, 9.17) is 0 Å². The lowest BCUT2D eigenvalue weighted by atomic mass is 9.84. The Morgan fingerprint density at radius 3 is 2.32 bits per heavy atom. The number of rotatable bonds is 15. The summed E-state index contributed by atoms with van der Waals surface area (Å²) >= 11 is 1.53. The monoisotopic (exact) mass is 632 g/mol. The van der Waals surface area contributed by atoms with Gasteiger partial charge in [0.05, 0.1) is 11.0 Å². The van der Waals surface area contributed by atoms with Crippen molar-refractivity contribution in [1.82, 2.24) is 31.2 Å². The molecule has 0 bridgehead atoms. The topological polar surface area (TPSA) is 150 Å². The van der Waals surface area contributed by atoms with Gasteiger partial charge in [0.2, 0.25) is 17.6 Å². The zero-order valence-electron chi connectivity index (χ0n) is 27.6. The quantitative estimate of drug-likeness (QED) is 0.172. The fraction of sp³-hybridized carbons (Fsp3) is 0.688. The van der Waals surface area contributed by atoms with Gasteiger partial charge in [-0.2, -0.15) is 0 Å². The maximum Gasteiger partial charge on any atom is 0.315 e. The van der Waals surface area contributed by atoms with Crippen LogP contribution >= 0.6 is 11.3 Å². The molecule has 44 heavy (non-hydrogen) atoms. The first-order valence-corrected chi connectivity index (χ1v) is 16.5. The first-order chi connectivity index (χ1) is 20.6. The minimum atomic E-state index is -1.02. The lowest BCUT2D eigenvalue weighted by Gasteiger charge is -2.37. The van der Waals surface area contributed by atoms with E-state index in [1.807, 2.05) is 60.8 Å². The Morgan fingerprint density at radius 1 is 1.11 bits per heavy atom. The molecule has 5 atom stereocenters. The molecular weight excluding hydrogens is 580 g/mol. The summed E-state index contributed by atoms with van der Waals surface area (Å²) in [5, 5.41) is 14.0. The van der Waals surface area contributed by atoms with Gasteiger partial charge in [-0.1, -0.05) is 67.9 Å². The van der Waals surface area contributed by atoms with Crippen LogP contribution in [-0.4, -0.2) is 76.7 Å². The maximum atomic E-state index is 14.2. The van der Waals surface area contributed by atoms with Crippen molar-refractivity contribution in [2.75, 3.05) is 13.1 Å². The summed E-state index contributed by atoms with van der Waals surface area (Å²) in [5.41, 5.74) is -0.669. The van der Waals surface area contributed by atoms with Crippen LogP contribution in [0.3, 0.4) is 0 Å². The van der Waals surface area contributed by atoms with Crippen molar-refractivity contribution in [2.24, 2.45) is 23.2 Å². The molecule has 0 spiro atoms. The molecule has 0 aromatic carbocycles. The Labute approximate surface area is 266 Å². The molecule has 1 aromatic rings. The first-order valence-electron chi connectivity index (χ1n) is 15.6. The van der Waals surface area contributed by atoms with Crippen LogP contribution in [0.25, 0.3) is 0 Å². The molecule has 2 heterocycles. The van der Waals surface area contributed by atoms with Gasteiger partial charge in [0, 0.05) is 37.1 Å². The third-order valence-corrected chi connectivity index (χ3v) is 8.88. The number of urea groups is 1. The standard InChI is InChI=1S/C32H52N6O5S/c1-10-12-22(26(39)29(41)34-14-11-2)35-28(40)25-21(19(3)4)13-16-38(25)30(42)27(32(7,8)9)37-31(43)36-23(20(5)6)18-24-33-15-17-44-24/h11,15,17,19-23,25,27H,2,10,12-14,16,18H2,1,3-9H3,(H,34,41)(H,35,40)(H2,36,37,43)/t21-,22?,23-,25+,27-/m1/s1. The zero-order chi connectivity index (χ0) is 33.2. The molecule has 1 saturated heterocycles. The molecule has 0 aliphatic carbocycles. The normalized spacial score (nSPS) is 18.8. The summed E-state index contributed by atoms with van der Waals surface area (Å²) < 4.78 is 0. The molecule has 4 N–H and O–H groups in total. The largest absolute Gasteiger partial charge is 0.346 e. The van der Waals surface area contributed by atoms with Crippen LogP contribution in [0, 0.1) is 23.2 Å². The highest BCUT2D eigenvalue weighted by molar-refractivity contribution is 7.09.